The topological polar surface area (TPSA) is 63.8 Å². The van der Waals surface area contributed by atoms with Crippen molar-refractivity contribution in [3.05, 3.63) is 52.7 Å². The molecule has 92 valence electrons. The van der Waals surface area contributed by atoms with Crippen LogP contribution in [0.2, 0.25) is 5.02 Å². The van der Waals surface area contributed by atoms with Crippen molar-refractivity contribution >= 4 is 34.6 Å². The number of nitrogens with one attached hydrogen (secondary N) is 1. The van der Waals surface area contributed by atoms with Crippen molar-refractivity contribution in [3.8, 4) is 0 Å². The third kappa shape index (κ3) is 3.15. The summed E-state index contributed by atoms with van der Waals surface area (Å²) in [4.78, 5) is 0.295. The molecule has 0 aliphatic carbocycles. The summed E-state index contributed by atoms with van der Waals surface area (Å²) in [6.07, 6.45) is 1.56. The minimum absolute atomic E-state index is 0.295. The van der Waals surface area contributed by atoms with Gasteiger partial charge < -0.3 is 11.1 Å². The van der Waals surface area contributed by atoms with Gasteiger partial charge in [-0.15, -0.1) is 5.10 Å². The lowest BCUT2D eigenvalue weighted by Crippen LogP contribution is -2.14. The highest BCUT2D eigenvalue weighted by molar-refractivity contribution is 7.80. The number of aromatic nitrogens is 2. The normalized spacial score (nSPS) is 10.1. The van der Waals surface area contributed by atoms with E-state index in [0.29, 0.717) is 27.9 Å². The van der Waals surface area contributed by atoms with Crippen LogP contribution >= 0.6 is 23.8 Å². The third-order valence-corrected chi connectivity index (χ3v) is 2.83. The zero-order chi connectivity index (χ0) is 13.0. The van der Waals surface area contributed by atoms with Crippen molar-refractivity contribution in [1.82, 2.24) is 10.2 Å². The summed E-state index contributed by atoms with van der Waals surface area (Å²) in [7, 11) is 0. The van der Waals surface area contributed by atoms with E-state index in [-0.39, 0.29) is 0 Å². The van der Waals surface area contributed by atoms with E-state index in [0.717, 1.165) is 5.56 Å². The second-order valence-corrected chi connectivity index (χ2v) is 4.51. The first kappa shape index (κ1) is 12.7. The summed E-state index contributed by atoms with van der Waals surface area (Å²) in [5.41, 5.74) is 7.38. The van der Waals surface area contributed by atoms with Gasteiger partial charge in [-0.2, -0.15) is 5.10 Å². The lowest BCUT2D eigenvalue weighted by molar-refractivity contribution is 0.996. The number of anilines is 1. The van der Waals surface area contributed by atoms with Gasteiger partial charge in [-0.1, -0.05) is 36.0 Å². The third-order valence-electron chi connectivity index (χ3n) is 2.36. The molecule has 0 aliphatic heterocycles. The number of nitrogens with two attached hydrogens (primary N) is 1. The van der Waals surface area contributed by atoms with E-state index in [4.69, 9.17) is 29.6 Å². The SMILES string of the molecule is NC(=S)c1ccnnc1NCc1ccc(Cl)cc1. The summed E-state index contributed by atoms with van der Waals surface area (Å²) in [5, 5.41) is 11.6. The van der Waals surface area contributed by atoms with Crippen LogP contribution in [0, 0.1) is 0 Å². The quantitative estimate of drug-likeness (QED) is 0.841. The fourth-order valence-electron chi connectivity index (χ4n) is 1.45. The second kappa shape index (κ2) is 5.75. The highest BCUT2D eigenvalue weighted by Crippen LogP contribution is 2.13. The molecule has 0 bridgehead atoms. The van der Waals surface area contributed by atoms with Crippen LogP contribution in [0.1, 0.15) is 11.1 Å². The van der Waals surface area contributed by atoms with E-state index in [1.807, 2.05) is 24.3 Å². The Morgan fingerprint density at radius 2 is 2.00 bits per heavy atom. The molecule has 0 radical (unpaired) electrons. The van der Waals surface area contributed by atoms with Crippen molar-refractivity contribution in [1.29, 1.82) is 0 Å². The smallest absolute Gasteiger partial charge is 0.159 e. The molecule has 0 aliphatic rings. The minimum atomic E-state index is 0.295. The molecule has 0 unspecified atom stereocenters. The van der Waals surface area contributed by atoms with Crippen molar-refractivity contribution in [2.24, 2.45) is 5.73 Å². The Morgan fingerprint density at radius 1 is 1.28 bits per heavy atom. The Balaban J connectivity index is 2.10. The Kier molecular flexibility index (Phi) is 4.07. The highest BCUT2D eigenvalue weighted by atomic mass is 35.5. The summed E-state index contributed by atoms with van der Waals surface area (Å²) < 4.78 is 0. The average molecular weight is 279 g/mol. The summed E-state index contributed by atoms with van der Waals surface area (Å²) in [6, 6.07) is 9.28. The van der Waals surface area contributed by atoms with Gasteiger partial charge in [0.1, 0.15) is 4.99 Å². The van der Waals surface area contributed by atoms with Gasteiger partial charge in [-0.05, 0) is 23.8 Å². The van der Waals surface area contributed by atoms with Crippen LogP contribution in [0.3, 0.4) is 0 Å². The highest BCUT2D eigenvalue weighted by Gasteiger charge is 2.06. The van der Waals surface area contributed by atoms with Gasteiger partial charge in [0.15, 0.2) is 5.82 Å². The molecule has 6 heteroatoms. The van der Waals surface area contributed by atoms with Gasteiger partial charge in [0.05, 0.1) is 11.8 Å². The van der Waals surface area contributed by atoms with E-state index < -0.39 is 0 Å². The van der Waals surface area contributed by atoms with Gasteiger partial charge >= 0.3 is 0 Å². The van der Waals surface area contributed by atoms with E-state index in [9.17, 15) is 0 Å². The zero-order valence-corrected chi connectivity index (χ0v) is 11.0. The molecule has 0 fully saturated rings. The number of hydrogen-bond donors (Lipinski definition) is 2. The predicted molar refractivity (Wildman–Crippen MR) is 76.7 cm³/mol. The fourth-order valence-corrected chi connectivity index (χ4v) is 1.74. The standard InChI is InChI=1S/C12H11ClN4S/c13-9-3-1-8(2-4-9)7-15-12-10(11(14)18)5-6-16-17-12/h1-6H,7H2,(H2,14,18)(H,15,17). The van der Waals surface area contributed by atoms with Gasteiger partial charge in [-0.25, -0.2) is 0 Å². The molecule has 0 amide bonds. The number of hydrogen-bond acceptors (Lipinski definition) is 4. The summed E-state index contributed by atoms with van der Waals surface area (Å²) in [5.74, 6) is 0.583. The lowest BCUT2D eigenvalue weighted by atomic mass is 10.2. The predicted octanol–water partition coefficient (Wildman–Crippen LogP) is 2.38. The van der Waals surface area contributed by atoms with Crippen LogP contribution in [-0.2, 0) is 6.54 Å². The molecule has 18 heavy (non-hydrogen) atoms. The van der Waals surface area contributed by atoms with Crippen LogP contribution in [0.25, 0.3) is 0 Å². The first-order valence-corrected chi connectivity index (χ1v) is 6.05. The van der Waals surface area contributed by atoms with Crippen LogP contribution in [0.4, 0.5) is 5.82 Å². The minimum Gasteiger partial charge on any atom is -0.389 e. The maximum absolute atomic E-state index is 5.82. The second-order valence-electron chi connectivity index (χ2n) is 3.64. The monoisotopic (exact) mass is 278 g/mol. The summed E-state index contributed by atoms with van der Waals surface area (Å²) >= 11 is 10.8. The molecule has 4 nitrogen and oxygen atoms in total. The van der Waals surface area contributed by atoms with Crippen molar-refractivity contribution in [3.63, 3.8) is 0 Å². The molecule has 0 saturated carbocycles. The van der Waals surface area contributed by atoms with Crippen molar-refractivity contribution in [2.45, 2.75) is 6.54 Å². The fraction of sp³-hybridized carbons (Fsp3) is 0.0833. The molecule has 3 N–H and O–H groups in total. The van der Waals surface area contributed by atoms with Crippen LogP contribution < -0.4 is 11.1 Å². The largest absolute Gasteiger partial charge is 0.389 e. The molecule has 2 rings (SSSR count). The number of rotatable bonds is 4. The van der Waals surface area contributed by atoms with E-state index in [1.54, 1.807) is 12.3 Å². The maximum Gasteiger partial charge on any atom is 0.159 e. The Hall–Kier alpha value is -1.72. The van der Waals surface area contributed by atoms with Gasteiger partial charge in [0.25, 0.3) is 0 Å². The molecule has 1 heterocycles. The van der Waals surface area contributed by atoms with E-state index >= 15 is 0 Å². The Morgan fingerprint density at radius 3 is 2.67 bits per heavy atom. The first-order valence-electron chi connectivity index (χ1n) is 5.26. The Bertz CT molecular complexity index is 556. The number of benzene rings is 1. The van der Waals surface area contributed by atoms with Crippen LogP contribution in [-0.4, -0.2) is 15.2 Å². The molecule has 0 spiro atoms. The molecule has 0 atom stereocenters. The van der Waals surface area contributed by atoms with Gasteiger partial charge in [0.2, 0.25) is 0 Å². The molecular weight excluding hydrogens is 268 g/mol. The molecule has 1 aromatic carbocycles. The first-order chi connectivity index (χ1) is 8.66. The summed E-state index contributed by atoms with van der Waals surface area (Å²) in [6.45, 7) is 0.603. The van der Waals surface area contributed by atoms with Gasteiger partial charge in [-0.3, -0.25) is 0 Å². The molecule has 0 saturated heterocycles. The maximum atomic E-state index is 5.82. The average Bonchev–Trinajstić information content (AvgIpc) is 2.38. The zero-order valence-electron chi connectivity index (χ0n) is 9.43. The molecule has 2 aromatic rings. The van der Waals surface area contributed by atoms with Crippen LogP contribution in [0.5, 0.6) is 0 Å². The van der Waals surface area contributed by atoms with E-state index in [2.05, 4.69) is 15.5 Å². The lowest BCUT2D eigenvalue weighted by Gasteiger charge is -2.08. The molecule has 1 aromatic heterocycles. The van der Waals surface area contributed by atoms with Crippen LogP contribution in [0.15, 0.2) is 36.5 Å². The van der Waals surface area contributed by atoms with Gasteiger partial charge in [0, 0.05) is 11.6 Å². The Labute approximate surface area is 115 Å². The van der Waals surface area contributed by atoms with E-state index in [1.165, 1.54) is 0 Å². The molecular formula is C12H11ClN4S. The number of nitrogens with zero attached hydrogens (tertiary/aromatic N) is 2. The number of thiocarbonyl (C=S) groups is 1. The number of halogens is 1. The van der Waals surface area contributed by atoms with Crippen molar-refractivity contribution < 1.29 is 0 Å². The van der Waals surface area contributed by atoms with Crippen molar-refractivity contribution in [2.75, 3.05) is 5.32 Å².